The van der Waals surface area contributed by atoms with Crippen LogP contribution < -0.4 is 10.1 Å². The van der Waals surface area contributed by atoms with Crippen molar-refractivity contribution in [1.29, 1.82) is 0 Å². The Labute approximate surface area is 160 Å². The van der Waals surface area contributed by atoms with Gasteiger partial charge in [0, 0.05) is 26.4 Å². The minimum Gasteiger partial charge on any atom is -0.494 e. The average molecular weight is 365 g/mol. The molecule has 0 fully saturated rings. The Hall–Kier alpha value is -2.82. The molecule has 1 amide bonds. The van der Waals surface area contributed by atoms with E-state index in [9.17, 15) is 4.79 Å². The van der Waals surface area contributed by atoms with Gasteiger partial charge >= 0.3 is 0 Å². The maximum Gasteiger partial charge on any atom is 0.216 e. The number of amides is 1. The first kappa shape index (κ1) is 19.0. The lowest BCUT2D eigenvalue weighted by Crippen LogP contribution is -2.23. The normalized spacial score (nSPS) is 10.9. The first-order valence-electron chi connectivity index (χ1n) is 9.42. The fourth-order valence-corrected chi connectivity index (χ4v) is 3.35. The Bertz CT molecular complexity index is 910. The van der Waals surface area contributed by atoms with Crippen molar-refractivity contribution in [3.8, 4) is 5.75 Å². The molecule has 5 nitrogen and oxygen atoms in total. The van der Waals surface area contributed by atoms with Crippen molar-refractivity contribution in [2.75, 3.05) is 13.2 Å². The molecule has 0 saturated carbocycles. The summed E-state index contributed by atoms with van der Waals surface area (Å²) >= 11 is 0. The molecule has 27 heavy (non-hydrogen) atoms. The van der Waals surface area contributed by atoms with Crippen LogP contribution in [0.1, 0.15) is 30.3 Å². The molecule has 1 aromatic heterocycles. The third kappa shape index (κ3) is 5.09. The summed E-state index contributed by atoms with van der Waals surface area (Å²) in [6.07, 6.45) is 1.60. The maximum atomic E-state index is 11.1. The van der Waals surface area contributed by atoms with Crippen molar-refractivity contribution in [2.45, 2.75) is 40.2 Å². The van der Waals surface area contributed by atoms with Crippen LogP contribution in [0.4, 0.5) is 0 Å². The van der Waals surface area contributed by atoms with E-state index < -0.39 is 0 Å². The third-order valence-electron chi connectivity index (χ3n) is 4.45. The van der Waals surface area contributed by atoms with Gasteiger partial charge in [0.1, 0.15) is 11.6 Å². The number of fused-ring (bicyclic) bond motifs is 1. The summed E-state index contributed by atoms with van der Waals surface area (Å²) in [5.74, 6) is 1.91. The Morgan fingerprint density at radius 3 is 2.63 bits per heavy atom. The van der Waals surface area contributed by atoms with Gasteiger partial charge in [-0.2, -0.15) is 0 Å². The zero-order valence-corrected chi connectivity index (χ0v) is 16.3. The van der Waals surface area contributed by atoms with Gasteiger partial charge < -0.3 is 14.6 Å². The molecule has 0 aliphatic carbocycles. The minimum atomic E-state index is -0.0143. The van der Waals surface area contributed by atoms with Crippen molar-refractivity contribution < 1.29 is 9.53 Å². The highest BCUT2D eigenvalue weighted by Gasteiger charge is 2.10. The van der Waals surface area contributed by atoms with Crippen molar-refractivity contribution in [2.24, 2.45) is 0 Å². The lowest BCUT2D eigenvalue weighted by Gasteiger charge is -2.11. The predicted molar refractivity (Wildman–Crippen MR) is 108 cm³/mol. The van der Waals surface area contributed by atoms with E-state index in [1.54, 1.807) is 0 Å². The number of ether oxygens (including phenoxy) is 1. The molecule has 0 radical (unpaired) electrons. The molecule has 0 bridgehead atoms. The fourth-order valence-electron chi connectivity index (χ4n) is 3.35. The second kappa shape index (κ2) is 8.71. The summed E-state index contributed by atoms with van der Waals surface area (Å²) in [5.41, 5.74) is 4.55. The largest absolute Gasteiger partial charge is 0.494 e. The van der Waals surface area contributed by atoms with E-state index in [1.807, 2.05) is 18.2 Å². The molecule has 0 unspecified atom stereocenters. The minimum absolute atomic E-state index is 0.0143. The van der Waals surface area contributed by atoms with Gasteiger partial charge in [-0.3, -0.25) is 4.79 Å². The van der Waals surface area contributed by atoms with E-state index in [0.29, 0.717) is 19.6 Å². The standard InChI is InChI=1S/C22H27N3O2/c1-16-13-17(2)15-19(14-16)27-12-6-11-25-21-8-5-4-7-20(21)24-22(25)9-10-23-18(3)26/h4-5,7-8,13-15H,6,9-12H2,1-3H3,(H,23,26). The summed E-state index contributed by atoms with van der Waals surface area (Å²) < 4.78 is 8.18. The number of aromatic nitrogens is 2. The molecule has 142 valence electrons. The van der Waals surface area contributed by atoms with Gasteiger partial charge in [-0.1, -0.05) is 18.2 Å². The molecule has 5 heteroatoms. The second-order valence-electron chi connectivity index (χ2n) is 6.93. The first-order chi connectivity index (χ1) is 13.0. The summed E-state index contributed by atoms with van der Waals surface area (Å²) in [4.78, 5) is 15.9. The van der Waals surface area contributed by atoms with Crippen molar-refractivity contribution in [3.63, 3.8) is 0 Å². The van der Waals surface area contributed by atoms with Gasteiger partial charge in [0.05, 0.1) is 17.6 Å². The molecule has 0 saturated heterocycles. The smallest absolute Gasteiger partial charge is 0.216 e. The SMILES string of the molecule is CC(=O)NCCc1nc2ccccc2n1CCCOc1cc(C)cc(C)c1. The monoisotopic (exact) mass is 365 g/mol. The number of benzene rings is 2. The van der Waals surface area contributed by atoms with Crippen LogP contribution in [0.5, 0.6) is 5.75 Å². The summed E-state index contributed by atoms with van der Waals surface area (Å²) in [6.45, 7) is 7.78. The highest BCUT2D eigenvalue weighted by molar-refractivity contribution is 5.76. The molecule has 0 aliphatic rings. The van der Waals surface area contributed by atoms with Crippen molar-refractivity contribution >= 4 is 16.9 Å². The summed E-state index contributed by atoms with van der Waals surface area (Å²) in [7, 11) is 0. The van der Waals surface area contributed by atoms with Crippen LogP contribution in [-0.4, -0.2) is 28.6 Å². The maximum absolute atomic E-state index is 11.1. The number of hydrogen-bond donors (Lipinski definition) is 1. The average Bonchev–Trinajstić information content (AvgIpc) is 2.95. The fraction of sp³-hybridized carbons (Fsp3) is 0.364. The quantitative estimate of drug-likeness (QED) is 0.618. The van der Waals surface area contributed by atoms with Gasteiger partial charge in [-0.15, -0.1) is 0 Å². The molecule has 3 aromatic rings. The first-order valence-corrected chi connectivity index (χ1v) is 9.42. The van der Waals surface area contributed by atoms with Gasteiger partial charge in [0.2, 0.25) is 5.91 Å². The van der Waals surface area contributed by atoms with E-state index in [1.165, 1.54) is 18.1 Å². The number of carbonyl (C=O) groups is 1. The van der Waals surface area contributed by atoms with Crippen molar-refractivity contribution in [3.05, 3.63) is 59.4 Å². The van der Waals surface area contributed by atoms with Crippen LogP contribution in [0.2, 0.25) is 0 Å². The van der Waals surface area contributed by atoms with Gasteiger partial charge in [-0.25, -0.2) is 4.98 Å². The summed E-state index contributed by atoms with van der Waals surface area (Å²) in [5, 5.41) is 2.85. The lowest BCUT2D eigenvalue weighted by molar-refractivity contribution is -0.118. The van der Waals surface area contributed by atoms with Crippen molar-refractivity contribution in [1.82, 2.24) is 14.9 Å². The molecular formula is C22H27N3O2. The van der Waals surface area contributed by atoms with E-state index in [0.717, 1.165) is 35.6 Å². The Morgan fingerprint density at radius 1 is 1.15 bits per heavy atom. The van der Waals surface area contributed by atoms with E-state index in [2.05, 4.69) is 48.0 Å². The molecule has 1 heterocycles. The highest BCUT2D eigenvalue weighted by atomic mass is 16.5. The zero-order valence-electron chi connectivity index (χ0n) is 16.3. The van der Waals surface area contributed by atoms with Gasteiger partial charge in [0.15, 0.2) is 0 Å². The van der Waals surface area contributed by atoms with E-state index in [4.69, 9.17) is 9.72 Å². The van der Waals surface area contributed by atoms with E-state index in [-0.39, 0.29) is 5.91 Å². The molecule has 1 N–H and O–H groups in total. The number of imidazole rings is 1. The Kier molecular flexibility index (Phi) is 6.12. The third-order valence-corrected chi connectivity index (χ3v) is 4.45. The predicted octanol–water partition coefficient (Wildman–Crippen LogP) is 3.80. The molecule has 0 spiro atoms. The Balaban J connectivity index is 1.65. The molecular weight excluding hydrogens is 338 g/mol. The molecule has 0 aliphatic heterocycles. The number of nitrogens with zero attached hydrogens (tertiary/aromatic N) is 2. The number of para-hydroxylation sites is 2. The molecule has 3 rings (SSSR count). The lowest BCUT2D eigenvalue weighted by atomic mass is 10.1. The van der Waals surface area contributed by atoms with Crippen LogP contribution in [-0.2, 0) is 17.8 Å². The number of rotatable bonds is 8. The summed E-state index contributed by atoms with van der Waals surface area (Å²) in [6, 6.07) is 14.4. The van der Waals surface area contributed by atoms with Crippen LogP contribution in [0.15, 0.2) is 42.5 Å². The van der Waals surface area contributed by atoms with Crippen LogP contribution in [0.3, 0.4) is 0 Å². The van der Waals surface area contributed by atoms with Gasteiger partial charge in [-0.05, 0) is 55.7 Å². The number of hydrogen-bond acceptors (Lipinski definition) is 3. The van der Waals surface area contributed by atoms with Crippen LogP contribution in [0, 0.1) is 13.8 Å². The second-order valence-corrected chi connectivity index (χ2v) is 6.93. The highest BCUT2D eigenvalue weighted by Crippen LogP contribution is 2.18. The number of carbonyl (C=O) groups excluding carboxylic acids is 1. The van der Waals surface area contributed by atoms with Crippen LogP contribution >= 0.6 is 0 Å². The van der Waals surface area contributed by atoms with E-state index >= 15 is 0 Å². The van der Waals surface area contributed by atoms with Crippen LogP contribution in [0.25, 0.3) is 11.0 Å². The molecule has 0 atom stereocenters. The number of nitrogens with one attached hydrogen (secondary N) is 1. The Morgan fingerprint density at radius 2 is 1.89 bits per heavy atom. The topological polar surface area (TPSA) is 56.2 Å². The van der Waals surface area contributed by atoms with Gasteiger partial charge in [0.25, 0.3) is 0 Å². The molecule has 2 aromatic carbocycles. The zero-order chi connectivity index (χ0) is 19.2. The number of aryl methyl sites for hydroxylation is 3.